The second-order valence-electron chi connectivity index (χ2n) is 7.92. The fraction of sp³-hybridized carbons (Fsp3) is 0.440. The molecule has 0 fully saturated rings. The highest BCUT2D eigenvalue weighted by Gasteiger charge is 2.21. The van der Waals surface area contributed by atoms with Crippen LogP contribution in [0.2, 0.25) is 0 Å². The summed E-state index contributed by atoms with van der Waals surface area (Å²) in [6.07, 6.45) is 0. The number of nitrogens with one attached hydrogen (secondary N) is 2. The second-order valence-corrected chi connectivity index (χ2v) is 7.92. The molecule has 0 aliphatic rings. The molecule has 0 saturated heterocycles. The maximum absolute atomic E-state index is 12.6. The Kier molecular flexibility index (Phi) is 8.91. The Morgan fingerprint density at radius 2 is 1.52 bits per heavy atom. The summed E-state index contributed by atoms with van der Waals surface area (Å²) in [7, 11) is 0. The van der Waals surface area contributed by atoms with Crippen LogP contribution in [0, 0.1) is 19.8 Å². The van der Waals surface area contributed by atoms with Gasteiger partial charge in [0.15, 0.2) is 11.5 Å². The Labute approximate surface area is 185 Å². The quantitative estimate of drug-likeness (QED) is 0.592. The normalized spacial score (nSPS) is 11.7. The van der Waals surface area contributed by atoms with Crippen molar-refractivity contribution < 1.29 is 19.1 Å². The van der Waals surface area contributed by atoms with Gasteiger partial charge in [-0.1, -0.05) is 37.1 Å². The van der Waals surface area contributed by atoms with Gasteiger partial charge in [0.2, 0.25) is 5.91 Å². The van der Waals surface area contributed by atoms with E-state index in [1.807, 2.05) is 77.9 Å². The van der Waals surface area contributed by atoms with Crippen LogP contribution in [0.3, 0.4) is 0 Å². The molecule has 31 heavy (non-hydrogen) atoms. The molecule has 168 valence electrons. The number of benzene rings is 2. The van der Waals surface area contributed by atoms with E-state index in [1.54, 1.807) is 0 Å². The Balaban J connectivity index is 2.08. The van der Waals surface area contributed by atoms with Crippen molar-refractivity contribution in [2.75, 3.05) is 19.8 Å². The van der Waals surface area contributed by atoms with Crippen molar-refractivity contribution in [2.24, 2.45) is 5.92 Å². The molecular weight excluding hydrogens is 392 g/mol. The molecule has 0 aromatic heterocycles. The first-order chi connectivity index (χ1) is 14.7. The standard InChI is InChI=1S/C25H34N2O4/c1-7-30-21-10-9-19(14-22(21)31-8-2)24(16(3)4)27-23(28)15-26-25(29)20-12-17(5)11-18(6)13-20/h9-14,16,24H,7-8,15H2,1-6H3,(H,26,29)(H,27,28). The number of ether oxygens (including phenoxy) is 2. The third-order valence-corrected chi connectivity index (χ3v) is 4.80. The minimum absolute atomic E-state index is 0.0929. The van der Waals surface area contributed by atoms with Crippen molar-refractivity contribution in [1.82, 2.24) is 10.6 Å². The zero-order valence-corrected chi connectivity index (χ0v) is 19.4. The number of rotatable bonds is 10. The molecule has 2 aromatic carbocycles. The van der Waals surface area contributed by atoms with E-state index < -0.39 is 0 Å². The summed E-state index contributed by atoms with van der Waals surface area (Å²) in [5, 5.41) is 5.74. The van der Waals surface area contributed by atoms with Crippen LogP contribution < -0.4 is 20.1 Å². The molecule has 1 atom stereocenters. The highest BCUT2D eigenvalue weighted by molar-refractivity contribution is 5.96. The molecule has 0 aliphatic heterocycles. The average Bonchev–Trinajstić information content (AvgIpc) is 2.71. The first-order valence-electron chi connectivity index (χ1n) is 10.8. The first kappa shape index (κ1) is 24.3. The van der Waals surface area contributed by atoms with Crippen LogP contribution in [0.25, 0.3) is 0 Å². The largest absolute Gasteiger partial charge is 0.490 e. The van der Waals surface area contributed by atoms with Gasteiger partial charge in [0.05, 0.1) is 25.8 Å². The minimum atomic E-state index is -0.261. The van der Waals surface area contributed by atoms with E-state index in [1.165, 1.54) is 0 Å². The van der Waals surface area contributed by atoms with Crippen LogP contribution in [0.5, 0.6) is 11.5 Å². The second kappa shape index (κ2) is 11.4. The summed E-state index contributed by atoms with van der Waals surface area (Å²) in [5.41, 5.74) is 3.50. The summed E-state index contributed by atoms with van der Waals surface area (Å²) in [6.45, 7) is 12.8. The van der Waals surface area contributed by atoms with Gasteiger partial charge in [0.25, 0.3) is 5.91 Å². The van der Waals surface area contributed by atoms with E-state index in [2.05, 4.69) is 10.6 Å². The van der Waals surface area contributed by atoms with Crippen LogP contribution in [0.4, 0.5) is 0 Å². The van der Waals surface area contributed by atoms with E-state index in [-0.39, 0.29) is 30.3 Å². The maximum atomic E-state index is 12.6. The third kappa shape index (κ3) is 7.02. The van der Waals surface area contributed by atoms with Gasteiger partial charge in [-0.15, -0.1) is 0 Å². The van der Waals surface area contributed by atoms with Gasteiger partial charge in [-0.2, -0.15) is 0 Å². The van der Waals surface area contributed by atoms with Crippen LogP contribution in [0.15, 0.2) is 36.4 Å². The van der Waals surface area contributed by atoms with Crippen LogP contribution in [-0.4, -0.2) is 31.6 Å². The lowest BCUT2D eigenvalue weighted by molar-refractivity contribution is -0.121. The fourth-order valence-corrected chi connectivity index (χ4v) is 3.49. The van der Waals surface area contributed by atoms with Gasteiger partial charge in [0, 0.05) is 5.56 Å². The van der Waals surface area contributed by atoms with E-state index >= 15 is 0 Å². The predicted octanol–water partition coefficient (Wildman–Crippen LogP) is 4.34. The Hall–Kier alpha value is -3.02. The molecule has 0 bridgehead atoms. The van der Waals surface area contributed by atoms with Gasteiger partial charge < -0.3 is 20.1 Å². The fourth-order valence-electron chi connectivity index (χ4n) is 3.49. The Bertz CT molecular complexity index is 888. The van der Waals surface area contributed by atoms with Crippen molar-refractivity contribution in [1.29, 1.82) is 0 Å². The maximum Gasteiger partial charge on any atom is 0.251 e. The van der Waals surface area contributed by atoms with Crippen molar-refractivity contribution in [3.8, 4) is 11.5 Å². The summed E-state index contributed by atoms with van der Waals surface area (Å²) in [4.78, 5) is 25.0. The lowest BCUT2D eigenvalue weighted by Gasteiger charge is -2.24. The Morgan fingerprint density at radius 1 is 0.903 bits per heavy atom. The van der Waals surface area contributed by atoms with Gasteiger partial charge in [-0.05, 0) is 63.4 Å². The molecule has 0 aliphatic carbocycles. The monoisotopic (exact) mass is 426 g/mol. The molecule has 0 radical (unpaired) electrons. The van der Waals surface area contributed by atoms with Gasteiger partial charge in [0.1, 0.15) is 0 Å². The SMILES string of the molecule is CCOc1ccc(C(NC(=O)CNC(=O)c2cc(C)cc(C)c2)C(C)C)cc1OCC. The average molecular weight is 427 g/mol. The number of hydrogen-bond donors (Lipinski definition) is 2. The number of carbonyl (C=O) groups excluding carboxylic acids is 2. The summed E-state index contributed by atoms with van der Waals surface area (Å²) < 4.78 is 11.3. The van der Waals surface area contributed by atoms with E-state index in [0.29, 0.717) is 30.3 Å². The number of hydrogen-bond acceptors (Lipinski definition) is 4. The van der Waals surface area contributed by atoms with E-state index in [9.17, 15) is 9.59 Å². The smallest absolute Gasteiger partial charge is 0.251 e. The molecular formula is C25H34N2O4. The van der Waals surface area contributed by atoms with Gasteiger partial charge in [-0.25, -0.2) is 0 Å². The lowest BCUT2D eigenvalue weighted by atomic mass is 9.95. The molecule has 2 aromatic rings. The first-order valence-corrected chi connectivity index (χ1v) is 10.8. The van der Waals surface area contributed by atoms with Crippen LogP contribution >= 0.6 is 0 Å². The van der Waals surface area contributed by atoms with Crippen LogP contribution in [0.1, 0.15) is 60.8 Å². The van der Waals surface area contributed by atoms with Crippen molar-refractivity contribution >= 4 is 11.8 Å². The van der Waals surface area contributed by atoms with Crippen molar-refractivity contribution in [2.45, 2.75) is 47.6 Å². The third-order valence-electron chi connectivity index (χ3n) is 4.80. The number of amides is 2. The topological polar surface area (TPSA) is 76.7 Å². The highest BCUT2D eigenvalue weighted by Crippen LogP contribution is 2.32. The van der Waals surface area contributed by atoms with Gasteiger partial charge >= 0.3 is 0 Å². The minimum Gasteiger partial charge on any atom is -0.490 e. The lowest BCUT2D eigenvalue weighted by Crippen LogP contribution is -2.40. The molecule has 2 amide bonds. The zero-order valence-electron chi connectivity index (χ0n) is 19.4. The zero-order chi connectivity index (χ0) is 23.0. The number of carbonyl (C=O) groups is 2. The predicted molar refractivity (Wildman–Crippen MR) is 123 cm³/mol. The molecule has 2 N–H and O–H groups in total. The molecule has 6 heteroatoms. The van der Waals surface area contributed by atoms with Gasteiger partial charge in [-0.3, -0.25) is 9.59 Å². The summed E-state index contributed by atoms with van der Waals surface area (Å²) in [5.74, 6) is 0.977. The van der Waals surface area contributed by atoms with Crippen molar-refractivity contribution in [3.05, 3.63) is 58.7 Å². The Morgan fingerprint density at radius 3 is 2.10 bits per heavy atom. The van der Waals surface area contributed by atoms with Crippen LogP contribution in [-0.2, 0) is 4.79 Å². The summed E-state index contributed by atoms with van der Waals surface area (Å²) >= 11 is 0. The van der Waals surface area contributed by atoms with Crippen molar-refractivity contribution in [3.63, 3.8) is 0 Å². The molecule has 0 spiro atoms. The molecule has 6 nitrogen and oxygen atoms in total. The van der Waals surface area contributed by atoms with E-state index in [4.69, 9.17) is 9.47 Å². The number of aryl methyl sites for hydroxylation is 2. The highest BCUT2D eigenvalue weighted by atomic mass is 16.5. The molecule has 0 saturated carbocycles. The molecule has 1 unspecified atom stereocenters. The van der Waals surface area contributed by atoms with E-state index in [0.717, 1.165) is 16.7 Å². The molecule has 0 heterocycles. The summed E-state index contributed by atoms with van der Waals surface area (Å²) in [6, 6.07) is 11.1. The molecule has 2 rings (SSSR count).